The van der Waals surface area contributed by atoms with E-state index in [0.717, 1.165) is 5.56 Å². The molecule has 21 heavy (non-hydrogen) atoms. The number of hydrogen-bond donors (Lipinski definition) is 1. The van der Waals surface area contributed by atoms with Gasteiger partial charge < -0.3 is 14.8 Å². The second kappa shape index (κ2) is 6.66. The SMILES string of the molecule is CNC(CS(=O)(=O)CCC(C)C)c1ccc2c(c1)OCO2. The number of rotatable bonds is 7. The van der Waals surface area contributed by atoms with Crippen LogP contribution in [0.2, 0.25) is 0 Å². The van der Waals surface area contributed by atoms with Crippen molar-refractivity contribution in [3.63, 3.8) is 0 Å². The summed E-state index contributed by atoms with van der Waals surface area (Å²) < 4.78 is 35.0. The average Bonchev–Trinajstić information content (AvgIpc) is 2.90. The summed E-state index contributed by atoms with van der Waals surface area (Å²) in [7, 11) is -1.31. The third kappa shape index (κ3) is 4.35. The normalized spacial score (nSPS) is 15.4. The number of hydrogen-bond acceptors (Lipinski definition) is 5. The second-order valence-corrected chi connectivity index (χ2v) is 7.98. The highest BCUT2D eigenvalue weighted by molar-refractivity contribution is 7.91. The molecule has 2 rings (SSSR count). The molecule has 1 N–H and O–H groups in total. The average molecular weight is 313 g/mol. The number of sulfone groups is 1. The molecule has 1 aliphatic heterocycles. The van der Waals surface area contributed by atoms with Crippen molar-refractivity contribution in [2.45, 2.75) is 26.3 Å². The molecule has 0 saturated carbocycles. The maximum atomic E-state index is 12.2. The molecule has 1 unspecified atom stereocenters. The van der Waals surface area contributed by atoms with E-state index in [-0.39, 0.29) is 24.3 Å². The predicted molar refractivity (Wildman–Crippen MR) is 82.5 cm³/mol. The van der Waals surface area contributed by atoms with E-state index in [9.17, 15) is 8.42 Å². The van der Waals surface area contributed by atoms with Crippen LogP contribution in [0.5, 0.6) is 11.5 Å². The van der Waals surface area contributed by atoms with Gasteiger partial charge in [-0.2, -0.15) is 0 Å². The van der Waals surface area contributed by atoms with Gasteiger partial charge >= 0.3 is 0 Å². The molecule has 0 bridgehead atoms. The smallest absolute Gasteiger partial charge is 0.231 e. The summed E-state index contributed by atoms with van der Waals surface area (Å²) in [4.78, 5) is 0. The Kier molecular flexibility index (Phi) is 5.11. The van der Waals surface area contributed by atoms with Gasteiger partial charge in [-0.1, -0.05) is 19.9 Å². The zero-order chi connectivity index (χ0) is 15.5. The standard InChI is InChI=1S/C15H23NO4S/c1-11(2)6-7-21(17,18)9-13(16-3)12-4-5-14-15(8-12)20-10-19-14/h4-5,8,11,13,16H,6-7,9-10H2,1-3H3. The zero-order valence-corrected chi connectivity index (χ0v) is 13.6. The van der Waals surface area contributed by atoms with E-state index in [2.05, 4.69) is 5.32 Å². The highest BCUT2D eigenvalue weighted by Crippen LogP contribution is 2.34. The van der Waals surface area contributed by atoms with Gasteiger partial charge in [0.05, 0.1) is 11.5 Å². The van der Waals surface area contributed by atoms with Gasteiger partial charge in [0.25, 0.3) is 0 Å². The molecule has 1 aromatic rings. The maximum absolute atomic E-state index is 12.2. The summed E-state index contributed by atoms with van der Waals surface area (Å²) in [5.41, 5.74) is 0.898. The first-order valence-electron chi connectivity index (χ1n) is 7.18. The zero-order valence-electron chi connectivity index (χ0n) is 12.8. The minimum atomic E-state index is -3.08. The van der Waals surface area contributed by atoms with Gasteiger partial charge in [-0.3, -0.25) is 0 Å². The van der Waals surface area contributed by atoms with Crippen molar-refractivity contribution in [2.75, 3.05) is 25.3 Å². The fourth-order valence-electron chi connectivity index (χ4n) is 2.23. The van der Waals surface area contributed by atoms with Crippen LogP contribution in [0.25, 0.3) is 0 Å². The van der Waals surface area contributed by atoms with Crippen LogP contribution >= 0.6 is 0 Å². The number of fused-ring (bicyclic) bond motifs is 1. The summed E-state index contributed by atoms with van der Waals surface area (Å²) in [5, 5.41) is 3.08. The molecule has 0 aliphatic carbocycles. The van der Waals surface area contributed by atoms with Crippen molar-refractivity contribution in [3.8, 4) is 11.5 Å². The first-order chi connectivity index (χ1) is 9.91. The molecule has 0 spiro atoms. The fourth-order valence-corrected chi connectivity index (χ4v) is 4.09. The van der Waals surface area contributed by atoms with E-state index in [1.807, 2.05) is 32.0 Å². The van der Waals surface area contributed by atoms with Crippen LogP contribution in [-0.4, -0.2) is 33.8 Å². The van der Waals surface area contributed by atoms with Crippen LogP contribution in [0.4, 0.5) is 0 Å². The minimum Gasteiger partial charge on any atom is -0.454 e. The quantitative estimate of drug-likeness (QED) is 0.835. The van der Waals surface area contributed by atoms with E-state index < -0.39 is 9.84 Å². The monoisotopic (exact) mass is 313 g/mol. The van der Waals surface area contributed by atoms with Gasteiger partial charge in [-0.15, -0.1) is 0 Å². The second-order valence-electron chi connectivity index (χ2n) is 5.75. The predicted octanol–water partition coefficient (Wildman–Crippen LogP) is 2.14. The van der Waals surface area contributed by atoms with Crippen molar-refractivity contribution in [1.29, 1.82) is 0 Å². The van der Waals surface area contributed by atoms with Gasteiger partial charge in [0.1, 0.15) is 0 Å². The summed E-state index contributed by atoms with van der Waals surface area (Å²) in [6.07, 6.45) is 0.694. The molecule has 0 saturated heterocycles. The van der Waals surface area contributed by atoms with Gasteiger partial charge in [-0.05, 0) is 37.1 Å². The van der Waals surface area contributed by atoms with Crippen molar-refractivity contribution < 1.29 is 17.9 Å². The Morgan fingerprint density at radius 2 is 1.95 bits per heavy atom. The van der Waals surface area contributed by atoms with E-state index in [1.165, 1.54) is 0 Å². The molecule has 0 amide bonds. The molecule has 1 aromatic carbocycles. The van der Waals surface area contributed by atoms with E-state index >= 15 is 0 Å². The van der Waals surface area contributed by atoms with Crippen molar-refractivity contribution in [2.24, 2.45) is 5.92 Å². The van der Waals surface area contributed by atoms with E-state index in [4.69, 9.17) is 9.47 Å². The lowest BCUT2D eigenvalue weighted by Crippen LogP contribution is -2.27. The third-order valence-corrected chi connectivity index (χ3v) is 5.27. The lowest BCUT2D eigenvalue weighted by atomic mass is 10.1. The highest BCUT2D eigenvalue weighted by atomic mass is 32.2. The largest absolute Gasteiger partial charge is 0.454 e. The molecule has 0 aromatic heterocycles. The third-order valence-electron chi connectivity index (χ3n) is 3.57. The lowest BCUT2D eigenvalue weighted by molar-refractivity contribution is 0.174. The number of nitrogens with one attached hydrogen (secondary N) is 1. The minimum absolute atomic E-state index is 0.0931. The van der Waals surface area contributed by atoms with Gasteiger partial charge in [0.15, 0.2) is 21.3 Å². The summed E-state index contributed by atoms with van der Waals surface area (Å²) in [6, 6.07) is 5.31. The van der Waals surface area contributed by atoms with Crippen molar-refractivity contribution in [1.82, 2.24) is 5.32 Å². The maximum Gasteiger partial charge on any atom is 0.231 e. The first kappa shape index (κ1) is 16.1. The van der Waals surface area contributed by atoms with Crippen LogP contribution in [0.1, 0.15) is 31.9 Å². The molecular weight excluding hydrogens is 290 g/mol. The van der Waals surface area contributed by atoms with Crippen LogP contribution in [0.15, 0.2) is 18.2 Å². The Hall–Kier alpha value is -1.27. The highest BCUT2D eigenvalue weighted by Gasteiger charge is 2.22. The van der Waals surface area contributed by atoms with Gasteiger partial charge in [0, 0.05) is 6.04 Å². The molecule has 1 heterocycles. The molecule has 6 heteroatoms. The Labute approximate surface area is 126 Å². The van der Waals surface area contributed by atoms with E-state index in [1.54, 1.807) is 7.05 Å². The summed E-state index contributed by atoms with van der Waals surface area (Å²) >= 11 is 0. The van der Waals surface area contributed by atoms with Crippen LogP contribution < -0.4 is 14.8 Å². The molecule has 0 fully saturated rings. The molecule has 1 atom stereocenters. The topological polar surface area (TPSA) is 64.6 Å². The molecule has 1 aliphatic rings. The van der Waals surface area contributed by atoms with Crippen LogP contribution in [0, 0.1) is 5.92 Å². The van der Waals surface area contributed by atoms with Gasteiger partial charge in [0.2, 0.25) is 6.79 Å². The van der Waals surface area contributed by atoms with Crippen molar-refractivity contribution >= 4 is 9.84 Å². The van der Waals surface area contributed by atoms with Crippen LogP contribution in [-0.2, 0) is 9.84 Å². The van der Waals surface area contributed by atoms with E-state index in [0.29, 0.717) is 23.8 Å². The number of ether oxygens (including phenoxy) is 2. The Balaban J connectivity index is 2.09. The summed E-state index contributed by atoms with van der Waals surface area (Å²) in [6.45, 7) is 4.28. The van der Waals surface area contributed by atoms with Crippen LogP contribution in [0.3, 0.4) is 0 Å². The Bertz CT molecular complexity index is 583. The first-order valence-corrected chi connectivity index (χ1v) is 9.00. The molecular formula is C15H23NO4S. The fraction of sp³-hybridized carbons (Fsp3) is 0.600. The molecule has 118 valence electrons. The molecule has 0 radical (unpaired) electrons. The summed E-state index contributed by atoms with van der Waals surface area (Å²) in [5.74, 6) is 2.09. The Morgan fingerprint density at radius 3 is 2.62 bits per heavy atom. The molecule has 5 nitrogen and oxygen atoms in total. The Morgan fingerprint density at radius 1 is 1.24 bits per heavy atom. The lowest BCUT2D eigenvalue weighted by Gasteiger charge is -2.17. The number of benzene rings is 1. The van der Waals surface area contributed by atoms with Crippen molar-refractivity contribution in [3.05, 3.63) is 23.8 Å². The van der Waals surface area contributed by atoms with Gasteiger partial charge in [-0.25, -0.2) is 8.42 Å².